The number of hydrogen-bond acceptors (Lipinski definition) is 5. The molecule has 94 valence electrons. The van der Waals surface area contributed by atoms with Crippen LogP contribution in [0.15, 0.2) is 18.5 Å². The molecule has 0 aromatic carbocycles. The maximum atomic E-state index is 11.7. The van der Waals surface area contributed by atoms with Crippen molar-refractivity contribution in [2.75, 3.05) is 5.43 Å². The first kappa shape index (κ1) is 12.0. The van der Waals surface area contributed by atoms with E-state index < -0.39 is 0 Å². The second kappa shape index (κ2) is 4.82. The fourth-order valence-corrected chi connectivity index (χ4v) is 1.51. The number of aromatic nitrogens is 4. The Morgan fingerprint density at radius 2 is 1.94 bits per heavy atom. The van der Waals surface area contributed by atoms with Crippen molar-refractivity contribution >= 4 is 11.9 Å². The minimum absolute atomic E-state index is 0.286. The topological polar surface area (TPSA) is 84.7 Å². The number of carbonyl (C=O) groups is 1. The van der Waals surface area contributed by atoms with E-state index in [1.807, 2.05) is 19.9 Å². The summed E-state index contributed by atoms with van der Waals surface area (Å²) < 4.78 is 1.56. The number of hydrazine groups is 1. The summed E-state index contributed by atoms with van der Waals surface area (Å²) in [5.74, 6) is 0.0793. The number of nitrogens with one attached hydrogen (secondary N) is 2. The summed E-state index contributed by atoms with van der Waals surface area (Å²) >= 11 is 0. The molecule has 2 rings (SSSR count). The van der Waals surface area contributed by atoms with Gasteiger partial charge in [0.05, 0.1) is 11.8 Å². The highest BCUT2D eigenvalue weighted by molar-refractivity contribution is 5.94. The van der Waals surface area contributed by atoms with E-state index in [-0.39, 0.29) is 5.91 Å². The maximum absolute atomic E-state index is 11.7. The molecule has 2 heterocycles. The molecule has 7 nitrogen and oxygen atoms in total. The number of carbonyl (C=O) groups excluding carboxylic acids is 1. The first-order valence-electron chi connectivity index (χ1n) is 5.42. The van der Waals surface area contributed by atoms with Crippen molar-refractivity contribution in [3.8, 4) is 0 Å². The molecule has 1 amide bonds. The predicted molar refractivity (Wildman–Crippen MR) is 65.8 cm³/mol. The summed E-state index contributed by atoms with van der Waals surface area (Å²) in [5, 5.41) is 3.92. The van der Waals surface area contributed by atoms with Crippen LogP contribution in [-0.4, -0.2) is 25.7 Å². The molecular weight excluding hydrogens is 232 g/mol. The summed E-state index contributed by atoms with van der Waals surface area (Å²) in [4.78, 5) is 20.0. The molecule has 0 aliphatic carbocycles. The summed E-state index contributed by atoms with van der Waals surface area (Å²) in [6, 6.07) is 1.86. The van der Waals surface area contributed by atoms with Crippen molar-refractivity contribution in [3.05, 3.63) is 35.4 Å². The highest BCUT2D eigenvalue weighted by atomic mass is 16.2. The van der Waals surface area contributed by atoms with E-state index in [1.54, 1.807) is 17.9 Å². The number of nitrogens with zero attached hydrogens (tertiary/aromatic N) is 4. The van der Waals surface area contributed by atoms with Crippen molar-refractivity contribution in [3.63, 3.8) is 0 Å². The van der Waals surface area contributed by atoms with Gasteiger partial charge < -0.3 is 0 Å². The van der Waals surface area contributed by atoms with Crippen LogP contribution < -0.4 is 10.9 Å². The fourth-order valence-electron chi connectivity index (χ4n) is 1.51. The highest BCUT2D eigenvalue weighted by Crippen LogP contribution is 2.02. The van der Waals surface area contributed by atoms with Crippen molar-refractivity contribution in [2.45, 2.75) is 13.8 Å². The summed E-state index contributed by atoms with van der Waals surface area (Å²) in [6.45, 7) is 3.73. The van der Waals surface area contributed by atoms with Gasteiger partial charge in [-0.3, -0.25) is 20.3 Å². The van der Waals surface area contributed by atoms with Gasteiger partial charge in [0.1, 0.15) is 0 Å². The smallest absolute Gasteiger partial charge is 0.272 e. The standard InChI is InChI=1S/C11H14N6O/c1-7-4-8(2)14-11(13-7)16-15-10(18)9-5-12-17(3)6-9/h4-6H,1-3H3,(H,15,18)(H,13,14,16). The van der Waals surface area contributed by atoms with Gasteiger partial charge >= 0.3 is 0 Å². The SMILES string of the molecule is Cc1cc(C)nc(NNC(=O)c2cnn(C)c2)n1. The van der Waals surface area contributed by atoms with E-state index >= 15 is 0 Å². The fraction of sp³-hybridized carbons (Fsp3) is 0.273. The van der Waals surface area contributed by atoms with E-state index in [0.717, 1.165) is 11.4 Å². The highest BCUT2D eigenvalue weighted by Gasteiger charge is 2.07. The Morgan fingerprint density at radius 3 is 2.50 bits per heavy atom. The molecule has 0 aliphatic heterocycles. The monoisotopic (exact) mass is 246 g/mol. The van der Waals surface area contributed by atoms with Crippen LogP contribution in [0.2, 0.25) is 0 Å². The van der Waals surface area contributed by atoms with Gasteiger partial charge in [0.2, 0.25) is 5.95 Å². The zero-order valence-electron chi connectivity index (χ0n) is 10.4. The lowest BCUT2D eigenvalue weighted by Crippen LogP contribution is -2.30. The predicted octanol–water partition coefficient (Wildman–Crippen LogP) is 0.584. The van der Waals surface area contributed by atoms with Gasteiger partial charge in [-0.1, -0.05) is 0 Å². The molecule has 2 aromatic rings. The summed E-state index contributed by atoms with van der Waals surface area (Å²) in [5.41, 5.74) is 7.33. The third-order valence-corrected chi connectivity index (χ3v) is 2.24. The quantitative estimate of drug-likeness (QED) is 0.774. The minimum Gasteiger partial charge on any atom is -0.275 e. The number of hydrogen-bond donors (Lipinski definition) is 2. The molecule has 0 radical (unpaired) electrons. The minimum atomic E-state index is -0.286. The zero-order valence-corrected chi connectivity index (χ0v) is 10.4. The number of amides is 1. The van der Waals surface area contributed by atoms with E-state index in [9.17, 15) is 4.79 Å². The lowest BCUT2D eigenvalue weighted by molar-refractivity contribution is 0.0962. The Bertz CT molecular complexity index is 556. The third kappa shape index (κ3) is 2.82. The molecule has 18 heavy (non-hydrogen) atoms. The second-order valence-electron chi connectivity index (χ2n) is 3.96. The Morgan fingerprint density at radius 1 is 1.28 bits per heavy atom. The van der Waals surface area contributed by atoms with Crippen LogP contribution >= 0.6 is 0 Å². The van der Waals surface area contributed by atoms with Crippen LogP contribution in [0.3, 0.4) is 0 Å². The summed E-state index contributed by atoms with van der Waals surface area (Å²) in [6.07, 6.45) is 3.11. The Labute approximate surface area is 104 Å². The van der Waals surface area contributed by atoms with Gasteiger partial charge in [0.15, 0.2) is 0 Å². The van der Waals surface area contributed by atoms with E-state index in [2.05, 4.69) is 25.9 Å². The van der Waals surface area contributed by atoms with Crippen LogP contribution in [0, 0.1) is 13.8 Å². The number of anilines is 1. The van der Waals surface area contributed by atoms with E-state index in [4.69, 9.17) is 0 Å². The third-order valence-electron chi connectivity index (χ3n) is 2.24. The number of aryl methyl sites for hydroxylation is 3. The molecule has 0 unspecified atom stereocenters. The van der Waals surface area contributed by atoms with Crippen molar-refractivity contribution in [1.82, 2.24) is 25.2 Å². The maximum Gasteiger partial charge on any atom is 0.272 e. The van der Waals surface area contributed by atoms with Crippen LogP contribution in [0.1, 0.15) is 21.7 Å². The van der Waals surface area contributed by atoms with Gasteiger partial charge in [0, 0.05) is 24.6 Å². The molecule has 0 saturated carbocycles. The molecule has 0 atom stereocenters. The van der Waals surface area contributed by atoms with Crippen molar-refractivity contribution < 1.29 is 4.79 Å². The average Bonchev–Trinajstić information content (AvgIpc) is 2.71. The molecule has 0 spiro atoms. The Kier molecular flexibility index (Phi) is 3.22. The molecular formula is C11H14N6O. The molecule has 0 fully saturated rings. The zero-order chi connectivity index (χ0) is 13.1. The summed E-state index contributed by atoms with van der Waals surface area (Å²) in [7, 11) is 1.75. The Hall–Kier alpha value is -2.44. The van der Waals surface area contributed by atoms with Gasteiger partial charge in [0.25, 0.3) is 5.91 Å². The van der Waals surface area contributed by atoms with Crippen LogP contribution in [0.25, 0.3) is 0 Å². The molecule has 0 saturated heterocycles. The Balaban J connectivity index is 2.01. The van der Waals surface area contributed by atoms with Crippen molar-refractivity contribution in [2.24, 2.45) is 7.05 Å². The van der Waals surface area contributed by atoms with Gasteiger partial charge in [-0.25, -0.2) is 9.97 Å². The second-order valence-corrected chi connectivity index (χ2v) is 3.96. The van der Waals surface area contributed by atoms with Gasteiger partial charge in [-0.2, -0.15) is 5.10 Å². The van der Waals surface area contributed by atoms with Crippen LogP contribution in [-0.2, 0) is 7.05 Å². The van der Waals surface area contributed by atoms with Gasteiger partial charge in [-0.15, -0.1) is 0 Å². The lowest BCUT2D eigenvalue weighted by Gasteiger charge is -2.07. The number of rotatable bonds is 3. The molecule has 0 aliphatic rings. The van der Waals surface area contributed by atoms with Crippen LogP contribution in [0.5, 0.6) is 0 Å². The molecule has 2 N–H and O–H groups in total. The van der Waals surface area contributed by atoms with Crippen LogP contribution in [0.4, 0.5) is 5.95 Å². The largest absolute Gasteiger partial charge is 0.275 e. The first-order valence-corrected chi connectivity index (χ1v) is 5.42. The van der Waals surface area contributed by atoms with E-state index in [1.165, 1.54) is 6.20 Å². The van der Waals surface area contributed by atoms with Gasteiger partial charge in [-0.05, 0) is 19.9 Å². The van der Waals surface area contributed by atoms with Crippen molar-refractivity contribution in [1.29, 1.82) is 0 Å². The normalized spacial score (nSPS) is 10.2. The lowest BCUT2D eigenvalue weighted by atomic mass is 10.3. The first-order chi connectivity index (χ1) is 8.54. The average molecular weight is 246 g/mol. The molecule has 7 heteroatoms. The molecule has 2 aromatic heterocycles. The van der Waals surface area contributed by atoms with E-state index in [0.29, 0.717) is 11.5 Å². The molecule has 0 bridgehead atoms.